The van der Waals surface area contributed by atoms with E-state index < -0.39 is 52.7 Å². The number of alkyl halides is 6. The number of halogens is 6. The van der Waals surface area contributed by atoms with Crippen LogP contribution < -0.4 is 4.90 Å². The van der Waals surface area contributed by atoms with Crippen LogP contribution in [0.1, 0.15) is 52.9 Å². The Balaban J connectivity index is 2.66. The molecule has 0 saturated heterocycles. The van der Waals surface area contributed by atoms with Gasteiger partial charge < -0.3 is 19.1 Å². The van der Waals surface area contributed by atoms with E-state index in [2.05, 4.69) is 5.16 Å². The lowest BCUT2D eigenvalue weighted by Crippen LogP contribution is -2.53. The highest BCUT2D eigenvalue weighted by atomic mass is 19.4. The highest BCUT2D eigenvalue weighted by Gasteiger charge is 2.71. The van der Waals surface area contributed by atoms with Gasteiger partial charge in [0.2, 0.25) is 0 Å². The number of imide groups is 1. The van der Waals surface area contributed by atoms with Crippen LogP contribution in [0.2, 0.25) is 0 Å². The summed E-state index contributed by atoms with van der Waals surface area (Å²) in [4.78, 5) is 26.2. The quantitative estimate of drug-likeness (QED) is 0.436. The van der Waals surface area contributed by atoms with Gasteiger partial charge in [-0.05, 0) is 54.0 Å². The first-order valence-electron chi connectivity index (χ1n) is 10.7. The zero-order valence-electron chi connectivity index (χ0n) is 21.0. The summed E-state index contributed by atoms with van der Waals surface area (Å²) >= 11 is 0. The van der Waals surface area contributed by atoms with E-state index in [0.717, 1.165) is 12.1 Å². The number of benzene rings is 1. The average molecular weight is 540 g/mol. The molecule has 1 aromatic heterocycles. The number of rotatable bonds is 3. The van der Waals surface area contributed by atoms with E-state index in [1.807, 2.05) is 0 Å². The summed E-state index contributed by atoms with van der Waals surface area (Å²) in [6.45, 7) is 10.5. The molecule has 1 aromatic carbocycles. The number of carbonyl (C=O) groups excluding carboxylic acids is 2. The Labute approximate surface area is 208 Å². The lowest BCUT2D eigenvalue weighted by molar-refractivity contribution is -0.376. The minimum Gasteiger partial charge on any atom is -0.443 e. The van der Waals surface area contributed by atoms with Crippen molar-refractivity contribution in [2.75, 3.05) is 4.90 Å². The molecule has 2 aromatic rings. The fraction of sp³-hybridized carbons (Fsp3) is 0.522. The fourth-order valence-electron chi connectivity index (χ4n) is 3.07. The number of nitrogens with zero attached hydrogens (tertiary/aromatic N) is 2. The molecule has 0 bridgehead atoms. The normalized spacial score (nSPS) is 13.4. The molecule has 1 N–H and O–H groups in total. The maximum atomic E-state index is 13.2. The van der Waals surface area contributed by atoms with E-state index in [4.69, 9.17) is 14.0 Å². The van der Waals surface area contributed by atoms with Crippen LogP contribution in [0.3, 0.4) is 0 Å². The summed E-state index contributed by atoms with van der Waals surface area (Å²) in [5.74, 6) is -0.516. The second kappa shape index (κ2) is 9.54. The van der Waals surface area contributed by atoms with Gasteiger partial charge in [0.05, 0.1) is 5.56 Å². The summed E-state index contributed by atoms with van der Waals surface area (Å²) in [6.07, 6.45) is -14.6. The van der Waals surface area contributed by atoms with Gasteiger partial charge in [0, 0.05) is 5.56 Å². The number of aryl methyl sites for hydroxylation is 1. The van der Waals surface area contributed by atoms with E-state index in [1.54, 1.807) is 0 Å². The average Bonchev–Trinajstić information content (AvgIpc) is 3.04. The van der Waals surface area contributed by atoms with Crippen molar-refractivity contribution in [3.05, 3.63) is 35.6 Å². The van der Waals surface area contributed by atoms with Crippen LogP contribution in [0.25, 0.3) is 11.1 Å². The van der Waals surface area contributed by atoms with Crippen LogP contribution >= 0.6 is 0 Å². The molecule has 0 radical (unpaired) electrons. The van der Waals surface area contributed by atoms with Crippen molar-refractivity contribution >= 4 is 18.0 Å². The second-order valence-electron chi connectivity index (χ2n) is 10.0. The summed E-state index contributed by atoms with van der Waals surface area (Å²) in [7, 11) is 0. The molecular formula is C23H26F6N2O6. The van der Waals surface area contributed by atoms with Crippen molar-refractivity contribution in [2.24, 2.45) is 0 Å². The highest BCUT2D eigenvalue weighted by molar-refractivity contribution is 6.11. The molecule has 206 valence electrons. The molecule has 0 atom stereocenters. The zero-order valence-corrected chi connectivity index (χ0v) is 21.0. The Morgan fingerprint density at radius 3 is 1.59 bits per heavy atom. The van der Waals surface area contributed by atoms with E-state index >= 15 is 0 Å². The van der Waals surface area contributed by atoms with E-state index in [0.29, 0.717) is 17.0 Å². The Hall–Kier alpha value is -3.29. The highest BCUT2D eigenvalue weighted by Crippen LogP contribution is 2.50. The lowest BCUT2D eigenvalue weighted by atomic mass is 9.90. The van der Waals surface area contributed by atoms with Gasteiger partial charge in [-0.25, -0.2) is 9.59 Å². The monoisotopic (exact) mass is 540 g/mol. The van der Waals surface area contributed by atoms with Gasteiger partial charge in [-0.1, -0.05) is 29.4 Å². The lowest BCUT2D eigenvalue weighted by Gasteiger charge is -2.32. The maximum absolute atomic E-state index is 13.2. The van der Waals surface area contributed by atoms with Crippen LogP contribution in [-0.4, -0.2) is 46.0 Å². The minimum absolute atomic E-state index is 0.0400. The molecule has 0 aliphatic carbocycles. The third kappa shape index (κ3) is 6.35. The summed E-state index contributed by atoms with van der Waals surface area (Å²) in [5.41, 5.74) is -8.98. The number of hydrogen-bond donors (Lipinski definition) is 1. The molecule has 0 saturated carbocycles. The van der Waals surface area contributed by atoms with Crippen molar-refractivity contribution in [3.8, 4) is 11.1 Å². The SMILES string of the molecule is Cc1onc(N(C(=O)OC(C)(C)C)C(=O)OC(C)(C)C)c1-c1ccc(C(O)(C(F)(F)F)C(F)(F)F)cc1. The Morgan fingerprint density at radius 1 is 0.838 bits per heavy atom. The molecular weight excluding hydrogens is 514 g/mol. The molecule has 0 aliphatic heterocycles. The first-order chi connectivity index (χ1) is 16.5. The van der Waals surface area contributed by atoms with Gasteiger partial charge in [0.1, 0.15) is 17.0 Å². The van der Waals surface area contributed by atoms with Crippen molar-refractivity contribution in [1.29, 1.82) is 0 Å². The summed E-state index contributed by atoms with van der Waals surface area (Å²) < 4.78 is 95.0. The molecule has 0 spiro atoms. The van der Waals surface area contributed by atoms with Crippen LogP contribution in [0.4, 0.5) is 41.7 Å². The fourth-order valence-corrected chi connectivity index (χ4v) is 3.07. The first-order valence-corrected chi connectivity index (χ1v) is 10.7. The molecule has 8 nitrogen and oxygen atoms in total. The zero-order chi connectivity index (χ0) is 28.8. The van der Waals surface area contributed by atoms with Gasteiger partial charge in [0.15, 0.2) is 5.82 Å². The van der Waals surface area contributed by atoms with Crippen LogP contribution in [0, 0.1) is 6.92 Å². The Morgan fingerprint density at radius 2 is 1.24 bits per heavy atom. The van der Waals surface area contributed by atoms with Crippen LogP contribution in [0.15, 0.2) is 28.8 Å². The van der Waals surface area contributed by atoms with E-state index in [-0.39, 0.29) is 16.9 Å². The standard InChI is InChI=1S/C23H26F6N2O6/c1-12-15(13-8-10-14(11-9-13)21(34,22(24,25)26)23(27,28)29)16(30-37-12)31(17(32)35-19(2,3)4)18(33)36-20(5,6)7/h8-11,34H,1-7H3. The molecule has 0 aliphatic rings. The molecule has 37 heavy (non-hydrogen) atoms. The van der Waals surface area contributed by atoms with Gasteiger partial charge >= 0.3 is 24.5 Å². The van der Waals surface area contributed by atoms with Crippen LogP contribution in [-0.2, 0) is 15.1 Å². The van der Waals surface area contributed by atoms with Gasteiger partial charge in [-0.3, -0.25) is 0 Å². The third-order valence-corrected chi connectivity index (χ3v) is 4.62. The molecule has 14 heteroatoms. The number of amides is 2. The van der Waals surface area contributed by atoms with E-state index in [1.165, 1.54) is 48.5 Å². The smallest absolute Gasteiger partial charge is 0.430 e. The number of aromatic nitrogens is 1. The predicted molar refractivity (Wildman–Crippen MR) is 118 cm³/mol. The molecule has 2 amide bonds. The summed E-state index contributed by atoms with van der Waals surface area (Å²) in [5, 5.41) is 13.3. The van der Waals surface area contributed by atoms with Crippen molar-refractivity contribution in [2.45, 2.75) is 77.6 Å². The number of anilines is 1. The van der Waals surface area contributed by atoms with Crippen molar-refractivity contribution < 1.29 is 55.0 Å². The minimum atomic E-state index is -6.07. The number of aliphatic hydroxyl groups is 1. The third-order valence-electron chi connectivity index (χ3n) is 4.62. The topological polar surface area (TPSA) is 102 Å². The molecule has 1 heterocycles. The molecule has 2 rings (SSSR count). The van der Waals surface area contributed by atoms with Crippen LogP contribution in [0.5, 0.6) is 0 Å². The van der Waals surface area contributed by atoms with Crippen molar-refractivity contribution in [1.82, 2.24) is 5.16 Å². The number of hydrogen-bond acceptors (Lipinski definition) is 7. The summed E-state index contributed by atoms with van der Waals surface area (Å²) in [6, 6.07) is 2.47. The molecule has 0 fully saturated rings. The Kier molecular flexibility index (Phi) is 7.72. The number of ether oxygens (including phenoxy) is 2. The van der Waals surface area contributed by atoms with Gasteiger partial charge in [-0.15, -0.1) is 0 Å². The first kappa shape index (κ1) is 29.9. The largest absolute Gasteiger partial charge is 0.443 e. The number of carbonyl (C=O) groups is 2. The van der Waals surface area contributed by atoms with Crippen molar-refractivity contribution in [3.63, 3.8) is 0 Å². The maximum Gasteiger partial charge on any atom is 0.430 e. The van der Waals surface area contributed by atoms with Gasteiger partial charge in [-0.2, -0.15) is 31.2 Å². The molecule has 0 unspecified atom stereocenters. The van der Waals surface area contributed by atoms with E-state index in [9.17, 15) is 41.0 Å². The van der Waals surface area contributed by atoms with Gasteiger partial charge in [0.25, 0.3) is 5.60 Å². The predicted octanol–water partition coefficient (Wildman–Crippen LogP) is 6.64. The Bertz CT molecular complexity index is 1100. The second-order valence-corrected chi connectivity index (χ2v) is 10.0.